The van der Waals surface area contributed by atoms with Gasteiger partial charge in [0.15, 0.2) is 0 Å². The number of nitrogens with zero attached hydrogens (tertiary/aromatic N) is 2. The number of rotatable bonds is 8. The summed E-state index contributed by atoms with van der Waals surface area (Å²) >= 11 is 2.37. The minimum absolute atomic E-state index is 0.0661. The molecule has 2 aliphatic heterocycles. The van der Waals surface area contributed by atoms with Crippen LogP contribution in [0.5, 0.6) is 0 Å². The van der Waals surface area contributed by atoms with Gasteiger partial charge in [0.25, 0.3) is 0 Å². The van der Waals surface area contributed by atoms with Crippen LogP contribution in [0.15, 0.2) is 60.7 Å². The summed E-state index contributed by atoms with van der Waals surface area (Å²) in [6.07, 6.45) is 1.55. The average molecular weight is 633 g/mol. The Kier molecular flexibility index (Phi) is 10.4. The maximum atomic E-state index is 12.6. The first-order valence-corrected chi connectivity index (χ1v) is 15.3. The first kappa shape index (κ1) is 30.6. The fraction of sp³-hybridized carbons (Fsp3) is 0.562. The van der Waals surface area contributed by atoms with Gasteiger partial charge >= 0.3 is 0 Å². The van der Waals surface area contributed by atoms with Crippen LogP contribution in [-0.4, -0.2) is 50.8 Å². The number of amides is 2. The molecule has 38 heavy (non-hydrogen) atoms. The number of carbonyl (C=O) groups excluding carboxylic acids is 2. The molecule has 2 aliphatic rings. The van der Waals surface area contributed by atoms with Crippen molar-refractivity contribution in [2.24, 2.45) is 22.7 Å². The summed E-state index contributed by atoms with van der Waals surface area (Å²) in [5, 5.41) is 9.15. The van der Waals surface area contributed by atoms with Gasteiger partial charge in [-0.3, -0.25) is 9.59 Å². The van der Waals surface area contributed by atoms with Crippen molar-refractivity contribution in [1.29, 1.82) is 0 Å². The largest absolute Gasteiger partial charge is 0.396 e. The third-order valence-electron chi connectivity index (χ3n) is 8.52. The minimum Gasteiger partial charge on any atom is -0.396 e. The molecule has 4 rings (SSSR count). The molecule has 2 amide bonds. The van der Waals surface area contributed by atoms with Crippen LogP contribution in [0, 0.1) is 22.7 Å². The smallest absolute Gasteiger partial charge is 0.226 e. The number of carbonyl (C=O) groups is 2. The average Bonchev–Trinajstić information content (AvgIpc) is 3.28. The Hall–Kier alpha value is -1.93. The molecule has 0 aromatic heterocycles. The molecule has 0 aliphatic carbocycles. The third-order valence-corrected chi connectivity index (χ3v) is 9.14. The van der Waals surface area contributed by atoms with Crippen molar-refractivity contribution in [3.63, 3.8) is 0 Å². The van der Waals surface area contributed by atoms with Crippen LogP contribution in [0.3, 0.4) is 0 Å². The molecule has 6 heteroatoms. The molecule has 2 aromatic rings. The molecule has 0 saturated carbocycles. The van der Waals surface area contributed by atoms with Gasteiger partial charge in [0, 0.05) is 36.0 Å². The lowest BCUT2D eigenvalue weighted by molar-refractivity contribution is -0.134. The highest BCUT2D eigenvalue weighted by Crippen LogP contribution is 2.43. The molecule has 2 unspecified atom stereocenters. The molecular weight excluding hydrogens is 587 g/mol. The highest BCUT2D eigenvalue weighted by molar-refractivity contribution is 14.1. The van der Waals surface area contributed by atoms with E-state index in [9.17, 15) is 9.59 Å². The van der Waals surface area contributed by atoms with Crippen LogP contribution in [0.25, 0.3) is 0 Å². The molecule has 5 nitrogen and oxygen atoms in total. The van der Waals surface area contributed by atoms with Crippen LogP contribution in [0.1, 0.15) is 77.6 Å². The molecule has 2 heterocycles. The lowest BCUT2D eigenvalue weighted by Crippen LogP contribution is -2.30. The molecule has 2 aromatic carbocycles. The quantitative estimate of drug-likeness (QED) is 0.261. The van der Waals surface area contributed by atoms with E-state index in [1.165, 1.54) is 5.56 Å². The Morgan fingerprint density at radius 3 is 1.47 bits per heavy atom. The summed E-state index contributed by atoms with van der Waals surface area (Å²) in [5.74, 6) is 0.618. The normalized spacial score (nSPS) is 23.7. The Morgan fingerprint density at radius 1 is 0.763 bits per heavy atom. The van der Waals surface area contributed by atoms with E-state index in [1.54, 1.807) is 0 Å². The first-order chi connectivity index (χ1) is 17.9. The second-order valence-corrected chi connectivity index (χ2v) is 13.3. The topological polar surface area (TPSA) is 60.9 Å². The molecule has 208 valence electrons. The van der Waals surface area contributed by atoms with Crippen molar-refractivity contribution in [1.82, 2.24) is 9.80 Å². The molecule has 2 fully saturated rings. The van der Waals surface area contributed by atoms with E-state index in [-0.39, 0.29) is 47.3 Å². The molecule has 0 radical (unpaired) electrons. The Balaban J connectivity index is 0.000000211. The maximum absolute atomic E-state index is 12.6. The highest BCUT2D eigenvalue weighted by atomic mass is 127. The van der Waals surface area contributed by atoms with Crippen LogP contribution < -0.4 is 0 Å². The van der Waals surface area contributed by atoms with E-state index >= 15 is 0 Å². The van der Waals surface area contributed by atoms with E-state index in [2.05, 4.69) is 93.3 Å². The zero-order valence-electron chi connectivity index (χ0n) is 23.9. The van der Waals surface area contributed by atoms with Crippen LogP contribution >= 0.6 is 22.6 Å². The third kappa shape index (κ3) is 6.79. The molecule has 4 atom stereocenters. The molecule has 1 N–H and O–H groups in total. The van der Waals surface area contributed by atoms with E-state index in [4.69, 9.17) is 5.11 Å². The molecule has 0 spiro atoms. The van der Waals surface area contributed by atoms with Gasteiger partial charge in [0.1, 0.15) is 0 Å². The predicted molar refractivity (Wildman–Crippen MR) is 163 cm³/mol. The Bertz CT molecular complexity index is 971. The summed E-state index contributed by atoms with van der Waals surface area (Å²) in [5.41, 5.74) is 2.41. The number of halogens is 1. The van der Waals surface area contributed by atoms with Crippen molar-refractivity contribution in [3.8, 4) is 0 Å². The van der Waals surface area contributed by atoms with Gasteiger partial charge in [-0.05, 0) is 48.6 Å². The van der Waals surface area contributed by atoms with E-state index in [0.29, 0.717) is 12.3 Å². The second-order valence-electron chi connectivity index (χ2n) is 12.2. The van der Waals surface area contributed by atoms with Gasteiger partial charge in [-0.15, -0.1) is 0 Å². The summed E-state index contributed by atoms with van der Waals surface area (Å²) in [7, 11) is 0. The SMILES string of the molecule is C[C@H](c1ccccc1)N1CC(C)(C)C(CCI)C1=O.C[C@H](c1ccccc1)N1CC(C)(C)C(CCO)C1=O. The zero-order valence-corrected chi connectivity index (χ0v) is 26.0. The predicted octanol–water partition coefficient (Wildman–Crippen LogP) is 6.67. The van der Waals surface area contributed by atoms with Crippen molar-refractivity contribution in [2.45, 2.75) is 66.5 Å². The van der Waals surface area contributed by atoms with Gasteiger partial charge < -0.3 is 14.9 Å². The van der Waals surface area contributed by atoms with E-state index < -0.39 is 0 Å². The number of aliphatic hydroxyl groups is 1. The number of alkyl halides is 1. The summed E-state index contributed by atoms with van der Waals surface area (Å²) in [6.45, 7) is 14.6. The van der Waals surface area contributed by atoms with Crippen LogP contribution in [-0.2, 0) is 9.59 Å². The summed E-state index contributed by atoms with van der Waals surface area (Å²) in [6, 6.07) is 20.7. The minimum atomic E-state index is -0.0666. The molecular formula is C32H45IN2O3. The Labute approximate surface area is 243 Å². The summed E-state index contributed by atoms with van der Waals surface area (Å²) < 4.78 is 1.05. The van der Waals surface area contributed by atoms with Crippen molar-refractivity contribution < 1.29 is 14.7 Å². The number of hydrogen-bond acceptors (Lipinski definition) is 3. The lowest BCUT2D eigenvalue weighted by Gasteiger charge is -2.26. The maximum Gasteiger partial charge on any atom is 0.226 e. The second kappa shape index (κ2) is 12.9. The van der Waals surface area contributed by atoms with Gasteiger partial charge in [-0.2, -0.15) is 0 Å². The van der Waals surface area contributed by atoms with E-state index in [0.717, 1.165) is 29.5 Å². The molecule has 2 saturated heterocycles. The van der Waals surface area contributed by atoms with Crippen LogP contribution in [0.2, 0.25) is 0 Å². The van der Waals surface area contributed by atoms with Gasteiger partial charge in [0.2, 0.25) is 11.8 Å². The first-order valence-electron chi connectivity index (χ1n) is 13.8. The monoisotopic (exact) mass is 632 g/mol. The Morgan fingerprint density at radius 2 is 1.13 bits per heavy atom. The lowest BCUT2D eigenvalue weighted by atomic mass is 9.80. The summed E-state index contributed by atoms with van der Waals surface area (Å²) in [4.78, 5) is 29.2. The number of aliphatic hydroxyl groups excluding tert-OH is 1. The van der Waals surface area contributed by atoms with Crippen LogP contribution in [0.4, 0.5) is 0 Å². The molecule has 0 bridgehead atoms. The fourth-order valence-electron chi connectivity index (χ4n) is 6.07. The number of benzene rings is 2. The van der Waals surface area contributed by atoms with Crippen molar-refractivity contribution in [2.75, 3.05) is 24.1 Å². The highest BCUT2D eigenvalue weighted by Gasteiger charge is 2.48. The number of hydrogen-bond donors (Lipinski definition) is 1. The standard InChI is InChI=1S/C16H22INO.C16H23NO2/c1-12(13-7-5-4-6-8-13)18-11-16(2,3)14(9-10-17)15(18)19;1-12(13-7-5-4-6-8-13)17-11-16(2,3)14(9-10-18)15(17)19/h4-8,12,14H,9-11H2,1-3H3;4-8,12,14,18H,9-11H2,1-3H3/t2*12-,14?/m11/s1. The zero-order chi connectivity index (χ0) is 28.1. The number of likely N-dealkylation sites (tertiary alicyclic amines) is 2. The van der Waals surface area contributed by atoms with Crippen molar-refractivity contribution in [3.05, 3.63) is 71.8 Å². The fourth-order valence-corrected chi connectivity index (χ4v) is 6.69. The van der Waals surface area contributed by atoms with Gasteiger partial charge in [-0.25, -0.2) is 0 Å². The van der Waals surface area contributed by atoms with Gasteiger partial charge in [0.05, 0.1) is 12.1 Å². The van der Waals surface area contributed by atoms with E-state index in [1.807, 2.05) is 41.3 Å². The van der Waals surface area contributed by atoms with Gasteiger partial charge in [-0.1, -0.05) is 111 Å². The van der Waals surface area contributed by atoms with Crippen molar-refractivity contribution >= 4 is 34.4 Å².